The van der Waals surface area contributed by atoms with Gasteiger partial charge in [0.2, 0.25) is 9.70 Å². The number of hydrogen-bond acceptors (Lipinski definition) is 3. The lowest BCUT2D eigenvalue weighted by Gasteiger charge is -2.44. The minimum atomic E-state index is -1.75. The summed E-state index contributed by atoms with van der Waals surface area (Å²) in [5, 5.41) is 5.91. The number of rotatable bonds is 2. The van der Waals surface area contributed by atoms with E-state index >= 15 is 0 Å². The van der Waals surface area contributed by atoms with Crippen molar-refractivity contribution >= 4 is 58.0 Å². The lowest BCUT2D eigenvalue weighted by molar-refractivity contribution is -0.119. The number of nitrogens with zero attached hydrogens (tertiary/aromatic N) is 2. The Morgan fingerprint density at radius 1 is 1.27 bits per heavy atom. The first-order valence-electron chi connectivity index (χ1n) is 8.24. The monoisotopic (exact) mass is 436 g/mol. The maximum Gasteiger partial charge on any atom is 0.250 e. The van der Waals surface area contributed by atoms with Crippen LogP contribution in [0, 0.1) is 5.92 Å². The number of aromatic nitrogens is 1. The van der Waals surface area contributed by atoms with Crippen LogP contribution in [0.15, 0.2) is 23.0 Å². The maximum absolute atomic E-state index is 12.1. The Kier molecular flexibility index (Phi) is 5.72. The summed E-state index contributed by atoms with van der Waals surface area (Å²) in [5.74, 6) is 0.191. The second kappa shape index (κ2) is 7.54. The molecule has 1 amide bonds. The number of fused-ring (bicyclic) bond motifs is 4. The molecule has 0 aromatic carbocycles. The SMILES string of the molecule is CC(=O)N[C@H](NC(=S)N1C[C@H]2C[C@H](C1)c1cccc(=O)n1C2)C(Cl)(Cl)Cl. The number of alkyl halides is 3. The van der Waals surface area contributed by atoms with E-state index in [2.05, 4.69) is 10.6 Å². The molecule has 1 fully saturated rings. The Labute approximate surface area is 171 Å². The van der Waals surface area contributed by atoms with Crippen LogP contribution < -0.4 is 16.2 Å². The summed E-state index contributed by atoms with van der Waals surface area (Å²) in [6.07, 6.45) is 0.0801. The number of amides is 1. The van der Waals surface area contributed by atoms with Gasteiger partial charge in [0.15, 0.2) is 5.11 Å². The number of pyridine rings is 1. The van der Waals surface area contributed by atoms with Gasteiger partial charge >= 0.3 is 0 Å². The van der Waals surface area contributed by atoms with Gasteiger partial charge < -0.3 is 20.1 Å². The van der Waals surface area contributed by atoms with Crippen molar-refractivity contribution in [3.8, 4) is 0 Å². The second-order valence-corrected chi connectivity index (χ2v) is 9.48. The Hall–Kier alpha value is -1.02. The van der Waals surface area contributed by atoms with Crippen molar-refractivity contribution in [2.75, 3.05) is 13.1 Å². The number of carbonyl (C=O) groups is 1. The van der Waals surface area contributed by atoms with Gasteiger partial charge in [0.05, 0.1) is 0 Å². The van der Waals surface area contributed by atoms with Crippen LogP contribution >= 0.6 is 47.0 Å². The normalized spacial score (nSPS) is 23.0. The molecule has 1 aromatic rings. The third kappa shape index (κ3) is 4.27. The molecule has 0 aliphatic carbocycles. The van der Waals surface area contributed by atoms with Crippen LogP contribution in [-0.4, -0.2) is 43.5 Å². The first-order chi connectivity index (χ1) is 12.1. The Morgan fingerprint density at radius 2 is 2.00 bits per heavy atom. The molecule has 3 rings (SSSR count). The van der Waals surface area contributed by atoms with E-state index in [0.29, 0.717) is 30.7 Å². The maximum atomic E-state index is 12.1. The van der Waals surface area contributed by atoms with Crippen molar-refractivity contribution in [1.82, 2.24) is 20.1 Å². The largest absolute Gasteiger partial charge is 0.348 e. The van der Waals surface area contributed by atoms with Gasteiger partial charge in [-0.3, -0.25) is 9.59 Å². The van der Waals surface area contributed by atoms with E-state index in [1.165, 1.54) is 6.92 Å². The average Bonchev–Trinajstić information content (AvgIpc) is 2.54. The first kappa shape index (κ1) is 19.7. The van der Waals surface area contributed by atoms with Gasteiger partial charge in [-0.1, -0.05) is 40.9 Å². The van der Waals surface area contributed by atoms with Crippen LogP contribution in [0.5, 0.6) is 0 Å². The molecule has 10 heteroatoms. The number of piperidine rings is 1. The van der Waals surface area contributed by atoms with Crippen molar-refractivity contribution in [2.24, 2.45) is 5.92 Å². The molecular formula is C16H19Cl3N4O2S. The molecule has 0 spiro atoms. The van der Waals surface area contributed by atoms with E-state index in [1.54, 1.807) is 12.1 Å². The molecule has 6 nitrogen and oxygen atoms in total. The highest BCUT2D eigenvalue weighted by molar-refractivity contribution is 7.80. The minimum Gasteiger partial charge on any atom is -0.348 e. The Bertz CT molecular complexity index is 779. The summed E-state index contributed by atoms with van der Waals surface area (Å²) in [5.41, 5.74) is 1.06. The zero-order valence-electron chi connectivity index (χ0n) is 14.0. The summed E-state index contributed by atoms with van der Waals surface area (Å²) in [7, 11) is 0. The van der Waals surface area contributed by atoms with Crippen LogP contribution in [-0.2, 0) is 11.3 Å². The van der Waals surface area contributed by atoms with Gasteiger partial charge in [-0.15, -0.1) is 0 Å². The van der Waals surface area contributed by atoms with Crippen LogP contribution in [0.2, 0.25) is 0 Å². The molecule has 3 atom stereocenters. The lowest BCUT2D eigenvalue weighted by atomic mass is 9.83. The highest BCUT2D eigenvalue weighted by Crippen LogP contribution is 2.35. The van der Waals surface area contributed by atoms with Gasteiger partial charge in [-0.2, -0.15) is 0 Å². The standard InChI is InChI=1S/C16H19Cl3N4O2S/c1-9(24)20-14(16(17,18)19)21-15(26)22-6-10-5-11(8-22)12-3-2-4-13(25)23(12)7-10/h2-4,10-11,14H,5-8H2,1H3,(H,20,24)(H,21,26)/t10-,11-,14-/m1/s1. The molecule has 0 saturated carbocycles. The smallest absolute Gasteiger partial charge is 0.250 e. The molecule has 2 N–H and O–H groups in total. The molecule has 26 heavy (non-hydrogen) atoms. The summed E-state index contributed by atoms with van der Waals surface area (Å²) in [4.78, 5) is 25.5. The van der Waals surface area contributed by atoms with Gasteiger partial charge in [0.25, 0.3) is 5.56 Å². The number of hydrogen-bond donors (Lipinski definition) is 2. The third-order valence-electron chi connectivity index (χ3n) is 4.71. The van der Waals surface area contributed by atoms with E-state index < -0.39 is 9.96 Å². The quantitative estimate of drug-likeness (QED) is 0.421. The summed E-state index contributed by atoms with van der Waals surface area (Å²) in [6, 6.07) is 5.37. The predicted molar refractivity (Wildman–Crippen MR) is 107 cm³/mol. The molecule has 0 unspecified atom stereocenters. The van der Waals surface area contributed by atoms with E-state index in [4.69, 9.17) is 47.0 Å². The topological polar surface area (TPSA) is 66.4 Å². The molecule has 2 bridgehead atoms. The molecule has 1 saturated heterocycles. The van der Waals surface area contributed by atoms with E-state index in [9.17, 15) is 9.59 Å². The zero-order valence-corrected chi connectivity index (χ0v) is 17.1. The number of likely N-dealkylation sites (tertiary alicyclic amines) is 1. The van der Waals surface area contributed by atoms with Crippen molar-refractivity contribution in [3.05, 3.63) is 34.2 Å². The van der Waals surface area contributed by atoms with Crippen LogP contribution in [0.25, 0.3) is 0 Å². The number of halogens is 3. The molecule has 2 aliphatic rings. The molecular weight excluding hydrogens is 419 g/mol. The molecule has 2 aliphatic heterocycles. The minimum absolute atomic E-state index is 0.0354. The summed E-state index contributed by atoms with van der Waals surface area (Å²) < 4.78 is 0.107. The fourth-order valence-electron chi connectivity index (χ4n) is 3.68. The second-order valence-electron chi connectivity index (χ2n) is 6.73. The van der Waals surface area contributed by atoms with Crippen molar-refractivity contribution in [1.29, 1.82) is 0 Å². The average molecular weight is 438 g/mol. The van der Waals surface area contributed by atoms with Crippen LogP contribution in [0.4, 0.5) is 0 Å². The first-order valence-corrected chi connectivity index (χ1v) is 9.78. The summed E-state index contributed by atoms with van der Waals surface area (Å²) in [6.45, 7) is 3.38. The Balaban J connectivity index is 1.74. The van der Waals surface area contributed by atoms with E-state index in [1.807, 2.05) is 15.5 Å². The van der Waals surface area contributed by atoms with E-state index in [0.717, 1.165) is 12.1 Å². The number of thiocarbonyl (C=S) groups is 1. The Morgan fingerprint density at radius 3 is 2.65 bits per heavy atom. The van der Waals surface area contributed by atoms with Gasteiger partial charge in [-0.25, -0.2) is 0 Å². The van der Waals surface area contributed by atoms with Gasteiger partial charge in [0, 0.05) is 44.2 Å². The number of carbonyl (C=O) groups excluding carboxylic acids is 1. The predicted octanol–water partition coefficient (Wildman–Crippen LogP) is 1.97. The number of nitrogens with one attached hydrogen (secondary N) is 2. The van der Waals surface area contributed by atoms with Gasteiger partial charge in [-0.05, 0) is 30.6 Å². The molecule has 142 valence electrons. The van der Waals surface area contributed by atoms with Crippen molar-refractivity contribution in [2.45, 2.75) is 35.8 Å². The zero-order chi connectivity index (χ0) is 19.1. The fourth-order valence-corrected chi connectivity index (χ4v) is 4.27. The van der Waals surface area contributed by atoms with Gasteiger partial charge in [0.1, 0.15) is 6.17 Å². The fraction of sp³-hybridized carbons (Fsp3) is 0.562. The molecule has 3 heterocycles. The summed E-state index contributed by atoms with van der Waals surface area (Å²) >= 11 is 23.3. The van der Waals surface area contributed by atoms with Crippen molar-refractivity contribution in [3.63, 3.8) is 0 Å². The molecule has 0 radical (unpaired) electrons. The highest BCUT2D eigenvalue weighted by Gasteiger charge is 2.38. The lowest BCUT2D eigenvalue weighted by Crippen LogP contribution is -2.59. The van der Waals surface area contributed by atoms with E-state index in [-0.39, 0.29) is 17.4 Å². The molecule has 1 aromatic heterocycles. The van der Waals surface area contributed by atoms with Crippen LogP contribution in [0.1, 0.15) is 25.0 Å². The third-order valence-corrected chi connectivity index (χ3v) is 5.74. The van der Waals surface area contributed by atoms with Crippen molar-refractivity contribution < 1.29 is 4.79 Å². The van der Waals surface area contributed by atoms with Crippen LogP contribution in [0.3, 0.4) is 0 Å². The highest BCUT2D eigenvalue weighted by atomic mass is 35.6.